The number of hydrogen-bond acceptors (Lipinski definition) is 4. The van der Waals surface area contributed by atoms with Gasteiger partial charge in [0.05, 0.1) is 17.6 Å². The van der Waals surface area contributed by atoms with Crippen molar-refractivity contribution in [3.63, 3.8) is 0 Å². The summed E-state index contributed by atoms with van der Waals surface area (Å²) in [6, 6.07) is 8.97. The third-order valence-electron chi connectivity index (χ3n) is 2.12. The molecule has 5 heteroatoms. The van der Waals surface area contributed by atoms with Crippen LogP contribution in [0.5, 0.6) is 0 Å². The minimum atomic E-state index is -3.25. The third-order valence-corrected chi connectivity index (χ3v) is 3.78. The van der Waals surface area contributed by atoms with Crippen LogP contribution in [-0.4, -0.2) is 39.0 Å². The summed E-state index contributed by atoms with van der Waals surface area (Å²) in [6.07, 6.45) is -0.848. The minimum Gasteiger partial charge on any atom is -0.391 e. The van der Waals surface area contributed by atoms with Crippen LogP contribution in [0.4, 0.5) is 0 Å². The Morgan fingerprint density at radius 3 is 2.50 bits per heavy atom. The first kappa shape index (κ1) is 13.2. The van der Waals surface area contributed by atoms with E-state index in [2.05, 4.69) is 5.32 Å². The van der Waals surface area contributed by atoms with E-state index in [9.17, 15) is 13.5 Å². The molecule has 1 atom stereocenters. The van der Waals surface area contributed by atoms with Crippen molar-refractivity contribution >= 4 is 9.84 Å². The fraction of sp³-hybridized carbons (Fsp3) is 0.455. The van der Waals surface area contributed by atoms with Crippen molar-refractivity contribution in [1.29, 1.82) is 0 Å². The Morgan fingerprint density at radius 1 is 1.31 bits per heavy atom. The molecule has 1 aromatic carbocycles. The highest BCUT2D eigenvalue weighted by Gasteiger charge is 2.17. The van der Waals surface area contributed by atoms with E-state index in [4.69, 9.17) is 0 Å². The summed E-state index contributed by atoms with van der Waals surface area (Å²) in [7, 11) is -1.57. The van der Waals surface area contributed by atoms with E-state index in [1.165, 1.54) is 0 Å². The zero-order chi connectivity index (χ0) is 12.0. The second-order valence-electron chi connectivity index (χ2n) is 3.75. The van der Waals surface area contributed by atoms with E-state index in [1.807, 2.05) is 6.07 Å². The van der Waals surface area contributed by atoms with E-state index in [-0.39, 0.29) is 18.1 Å². The van der Waals surface area contributed by atoms with Gasteiger partial charge in [-0.25, -0.2) is 8.42 Å². The molecule has 1 unspecified atom stereocenters. The molecule has 0 aromatic heterocycles. The molecule has 4 nitrogen and oxygen atoms in total. The van der Waals surface area contributed by atoms with Gasteiger partial charge in [-0.05, 0) is 12.6 Å². The highest BCUT2D eigenvalue weighted by molar-refractivity contribution is 7.90. The molecule has 90 valence electrons. The molecular formula is C11H17NO3S. The second kappa shape index (κ2) is 5.98. The normalized spacial score (nSPS) is 13.6. The molecule has 0 saturated heterocycles. The van der Waals surface area contributed by atoms with Gasteiger partial charge in [0.25, 0.3) is 0 Å². The van der Waals surface area contributed by atoms with E-state index in [0.717, 1.165) is 5.56 Å². The average Bonchev–Trinajstić information content (AvgIpc) is 2.17. The molecule has 0 radical (unpaired) electrons. The maximum absolute atomic E-state index is 11.7. The molecule has 0 heterocycles. The number of benzene rings is 1. The molecule has 0 spiro atoms. The highest BCUT2D eigenvalue weighted by Crippen LogP contribution is 2.07. The lowest BCUT2D eigenvalue weighted by Crippen LogP contribution is -2.31. The number of rotatable bonds is 6. The van der Waals surface area contributed by atoms with Gasteiger partial charge < -0.3 is 10.4 Å². The molecule has 1 aromatic rings. The smallest absolute Gasteiger partial charge is 0.157 e. The lowest BCUT2D eigenvalue weighted by molar-refractivity contribution is 0.196. The Balaban J connectivity index is 2.59. The Kier molecular flexibility index (Phi) is 4.92. The number of aliphatic hydroxyl groups is 1. The number of likely N-dealkylation sites (N-methyl/N-ethyl adjacent to an activating group) is 1. The van der Waals surface area contributed by atoms with Gasteiger partial charge >= 0.3 is 0 Å². The molecule has 2 N–H and O–H groups in total. The first-order chi connectivity index (χ1) is 7.53. The molecule has 16 heavy (non-hydrogen) atoms. The summed E-state index contributed by atoms with van der Waals surface area (Å²) >= 11 is 0. The molecule has 0 fully saturated rings. The molecule has 1 rings (SSSR count). The van der Waals surface area contributed by atoms with Gasteiger partial charge in [-0.15, -0.1) is 0 Å². The SMILES string of the molecule is CNCC(O)CS(=O)(=O)Cc1ccccc1. The van der Waals surface area contributed by atoms with Crippen molar-refractivity contribution in [2.45, 2.75) is 11.9 Å². The van der Waals surface area contributed by atoms with Gasteiger partial charge in [0.1, 0.15) is 0 Å². The number of sulfone groups is 1. The molecule has 0 aliphatic heterocycles. The first-order valence-electron chi connectivity index (χ1n) is 5.10. The Bertz CT molecular complexity index is 402. The monoisotopic (exact) mass is 243 g/mol. The molecule has 0 bridgehead atoms. The minimum absolute atomic E-state index is 0.0192. The largest absolute Gasteiger partial charge is 0.391 e. The van der Waals surface area contributed by atoms with E-state index in [0.29, 0.717) is 0 Å². The third kappa shape index (κ3) is 4.74. The molecule has 0 aliphatic rings. The maximum atomic E-state index is 11.7. The summed E-state index contributed by atoms with van der Waals surface area (Å²) in [4.78, 5) is 0. The fourth-order valence-electron chi connectivity index (χ4n) is 1.47. The van der Waals surface area contributed by atoms with Crippen molar-refractivity contribution in [2.24, 2.45) is 0 Å². The molecule has 0 amide bonds. The first-order valence-corrected chi connectivity index (χ1v) is 6.92. The van der Waals surface area contributed by atoms with Gasteiger partial charge in [0.15, 0.2) is 9.84 Å². The zero-order valence-corrected chi connectivity index (χ0v) is 10.1. The zero-order valence-electron chi connectivity index (χ0n) is 9.26. The number of nitrogens with one attached hydrogen (secondary N) is 1. The van der Waals surface area contributed by atoms with Crippen LogP contribution in [0.1, 0.15) is 5.56 Å². The quantitative estimate of drug-likeness (QED) is 0.748. The van der Waals surface area contributed by atoms with Crippen molar-refractivity contribution in [3.8, 4) is 0 Å². The number of hydrogen-bond donors (Lipinski definition) is 2. The maximum Gasteiger partial charge on any atom is 0.157 e. The summed E-state index contributed by atoms with van der Waals surface area (Å²) in [5.74, 6) is -0.225. The van der Waals surface area contributed by atoms with Gasteiger partial charge in [0, 0.05) is 6.54 Å². The van der Waals surface area contributed by atoms with Crippen LogP contribution in [0.15, 0.2) is 30.3 Å². The average molecular weight is 243 g/mol. The van der Waals surface area contributed by atoms with Crippen LogP contribution in [0.3, 0.4) is 0 Å². The van der Waals surface area contributed by atoms with Gasteiger partial charge in [-0.2, -0.15) is 0 Å². The summed E-state index contributed by atoms with van der Waals surface area (Å²) in [5.41, 5.74) is 0.749. The van der Waals surface area contributed by atoms with E-state index in [1.54, 1.807) is 31.3 Å². The summed E-state index contributed by atoms with van der Waals surface area (Å²) < 4.78 is 23.4. The predicted octanol–water partition coefficient (Wildman–Crippen LogP) is 0.182. The topological polar surface area (TPSA) is 66.4 Å². The van der Waals surface area contributed by atoms with Crippen LogP contribution < -0.4 is 5.32 Å². The van der Waals surface area contributed by atoms with Crippen molar-refractivity contribution in [2.75, 3.05) is 19.3 Å². The number of aliphatic hydroxyl groups excluding tert-OH is 1. The van der Waals surface area contributed by atoms with Crippen molar-refractivity contribution in [3.05, 3.63) is 35.9 Å². The van der Waals surface area contributed by atoms with E-state index < -0.39 is 15.9 Å². The van der Waals surface area contributed by atoms with Gasteiger partial charge in [0.2, 0.25) is 0 Å². The fourth-order valence-corrected chi connectivity index (χ4v) is 3.00. The van der Waals surface area contributed by atoms with Crippen LogP contribution in [0.25, 0.3) is 0 Å². The standard InChI is InChI=1S/C11H17NO3S/c1-12-7-11(13)9-16(14,15)8-10-5-3-2-4-6-10/h2-6,11-13H,7-9H2,1H3. The molecule has 0 saturated carbocycles. The Hall–Kier alpha value is -0.910. The Morgan fingerprint density at radius 2 is 1.94 bits per heavy atom. The lowest BCUT2D eigenvalue weighted by Gasteiger charge is -2.10. The van der Waals surface area contributed by atoms with Crippen LogP contribution in [0, 0.1) is 0 Å². The van der Waals surface area contributed by atoms with Crippen LogP contribution in [0.2, 0.25) is 0 Å². The van der Waals surface area contributed by atoms with Crippen molar-refractivity contribution < 1.29 is 13.5 Å². The van der Waals surface area contributed by atoms with Crippen LogP contribution >= 0.6 is 0 Å². The Labute approximate surface area is 96.2 Å². The summed E-state index contributed by atoms with van der Waals surface area (Å²) in [6.45, 7) is 0.286. The van der Waals surface area contributed by atoms with Crippen molar-refractivity contribution in [1.82, 2.24) is 5.32 Å². The van der Waals surface area contributed by atoms with Gasteiger partial charge in [-0.3, -0.25) is 0 Å². The molecular weight excluding hydrogens is 226 g/mol. The van der Waals surface area contributed by atoms with Gasteiger partial charge in [-0.1, -0.05) is 30.3 Å². The second-order valence-corrected chi connectivity index (χ2v) is 5.86. The summed E-state index contributed by atoms with van der Waals surface area (Å²) in [5, 5.41) is 12.2. The lowest BCUT2D eigenvalue weighted by atomic mass is 10.2. The van der Waals surface area contributed by atoms with Crippen LogP contribution in [-0.2, 0) is 15.6 Å². The highest BCUT2D eigenvalue weighted by atomic mass is 32.2. The van der Waals surface area contributed by atoms with E-state index >= 15 is 0 Å². The predicted molar refractivity (Wildman–Crippen MR) is 63.9 cm³/mol. The molecule has 0 aliphatic carbocycles.